The average molecular weight is 275 g/mol. The zero-order chi connectivity index (χ0) is 13.1. The van der Waals surface area contributed by atoms with Crippen LogP contribution in [0.25, 0.3) is 5.69 Å². The first-order chi connectivity index (χ1) is 9.33. The highest BCUT2D eigenvalue weighted by Gasteiger charge is 2.14. The lowest BCUT2D eigenvalue weighted by Crippen LogP contribution is -2.26. The molecule has 0 aliphatic carbocycles. The molecule has 5 nitrogen and oxygen atoms in total. The summed E-state index contributed by atoms with van der Waals surface area (Å²) in [5.41, 5.74) is 3.43. The Hall–Kier alpha value is -1.56. The van der Waals surface area contributed by atoms with E-state index in [9.17, 15) is 0 Å². The molecule has 0 spiro atoms. The zero-order valence-electron chi connectivity index (χ0n) is 10.9. The van der Waals surface area contributed by atoms with Gasteiger partial charge in [-0.3, -0.25) is 0 Å². The van der Waals surface area contributed by atoms with Crippen molar-refractivity contribution in [2.75, 3.05) is 16.8 Å². The molecular weight excluding hydrogens is 258 g/mol. The van der Waals surface area contributed by atoms with Crippen LogP contribution in [-0.2, 0) is 0 Å². The van der Waals surface area contributed by atoms with Gasteiger partial charge in [-0.15, -0.1) is 5.10 Å². The molecule has 0 amide bonds. The van der Waals surface area contributed by atoms with E-state index in [1.54, 1.807) is 11.0 Å². The summed E-state index contributed by atoms with van der Waals surface area (Å²) in [7, 11) is 0. The van der Waals surface area contributed by atoms with Gasteiger partial charge in [0, 0.05) is 17.5 Å². The number of hydrogen-bond donors (Lipinski definition) is 1. The smallest absolute Gasteiger partial charge is 0.143 e. The number of tetrazole rings is 1. The van der Waals surface area contributed by atoms with Crippen LogP contribution in [0.3, 0.4) is 0 Å². The second-order valence-corrected chi connectivity index (χ2v) is 5.96. The third-order valence-electron chi connectivity index (χ3n) is 3.35. The van der Waals surface area contributed by atoms with Crippen molar-refractivity contribution >= 4 is 17.4 Å². The SMILES string of the molecule is Cc1ccc(-n2cnnn2)cc1NC1CCCSC1. The average Bonchev–Trinajstić information content (AvgIpc) is 2.96. The van der Waals surface area contributed by atoms with Crippen molar-refractivity contribution in [1.29, 1.82) is 0 Å². The van der Waals surface area contributed by atoms with Gasteiger partial charge < -0.3 is 5.32 Å². The quantitative estimate of drug-likeness (QED) is 0.931. The fourth-order valence-corrected chi connectivity index (χ4v) is 3.33. The van der Waals surface area contributed by atoms with Gasteiger partial charge in [0.05, 0.1) is 5.69 Å². The van der Waals surface area contributed by atoms with Crippen LogP contribution >= 0.6 is 11.8 Å². The van der Waals surface area contributed by atoms with Crippen LogP contribution in [0.5, 0.6) is 0 Å². The maximum absolute atomic E-state index is 3.93. The molecule has 0 saturated carbocycles. The number of rotatable bonds is 3. The highest BCUT2D eigenvalue weighted by Crippen LogP contribution is 2.24. The Morgan fingerprint density at radius 2 is 2.37 bits per heavy atom. The second-order valence-electron chi connectivity index (χ2n) is 4.81. The molecule has 1 N–H and O–H groups in total. The molecule has 1 atom stereocenters. The van der Waals surface area contributed by atoms with Crippen molar-refractivity contribution in [2.24, 2.45) is 0 Å². The Morgan fingerprint density at radius 3 is 3.11 bits per heavy atom. The van der Waals surface area contributed by atoms with Crippen molar-refractivity contribution < 1.29 is 0 Å². The van der Waals surface area contributed by atoms with Crippen LogP contribution in [-0.4, -0.2) is 37.8 Å². The molecule has 1 aromatic heterocycles. The first-order valence-electron chi connectivity index (χ1n) is 6.51. The number of nitrogens with zero attached hydrogens (tertiary/aromatic N) is 4. The lowest BCUT2D eigenvalue weighted by molar-refractivity contribution is 0.684. The Balaban J connectivity index is 1.81. The van der Waals surface area contributed by atoms with Crippen molar-refractivity contribution in [3.8, 4) is 5.69 Å². The highest BCUT2D eigenvalue weighted by molar-refractivity contribution is 7.99. The number of hydrogen-bond acceptors (Lipinski definition) is 5. The largest absolute Gasteiger partial charge is 0.381 e. The van der Waals surface area contributed by atoms with E-state index in [0.717, 1.165) is 5.69 Å². The summed E-state index contributed by atoms with van der Waals surface area (Å²) in [5, 5.41) is 14.9. The van der Waals surface area contributed by atoms with Crippen LogP contribution in [0.4, 0.5) is 5.69 Å². The van der Waals surface area contributed by atoms with Crippen LogP contribution in [0.1, 0.15) is 18.4 Å². The fraction of sp³-hybridized carbons (Fsp3) is 0.462. The Labute approximate surface area is 116 Å². The van der Waals surface area contributed by atoms with E-state index in [-0.39, 0.29) is 0 Å². The van der Waals surface area contributed by atoms with Crippen LogP contribution < -0.4 is 5.32 Å². The van der Waals surface area contributed by atoms with E-state index < -0.39 is 0 Å². The Morgan fingerprint density at radius 1 is 1.42 bits per heavy atom. The number of benzene rings is 1. The topological polar surface area (TPSA) is 55.6 Å². The maximum atomic E-state index is 3.93. The van der Waals surface area contributed by atoms with Crippen LogP contribution in [0.2, 0.25) is 0 Å². The molecule has 1 unspecified atom stereocenters. The van der Waals surface area contributed by atoms with E-state index in [1.165, 1.54) is 35.6 Å². The lowest BCUT2D eigenvalue weighted by Gasteiger charge is -2.24. The van der Waals surface area contributed by atoms with Gasteiger partial charge in [0.2, 0.25) is 0 Å². The minimum absolute atomic E-state index is 0.571. The molecule has 1 aromatic carbocycles. The molecule has 3 rings (SSSR count). The molecule has 19 heavy (non-hydrogen) atoms. The van der Waals surface area contributed by atoms with Crippen LogP contribution in [0.15, 0.2) is 24.5 Å². The summed E-state index contributed by atoms with van der Waals surface area (Å²) >= 11 is 2.03. The zero-order valence-corrected chi connectivity index (χ0v) is 11.7. The second kappa shape index (κ2) is 5.61. The number of nitrogens with one attached hydrogen (secondary N) is 1. The third-order valence-corrected chi connectivity index (χ3v) is 4.57. The molecule has 0 radical (unpaired) electrons. The first kappa shape index (κ1) is 12.5. The van der Waals surface area contributed by atoms with Crippen molar-refractivity contribution in [3.63, 3.8) is 0 Å². The molecule has 100 valence electrons. The number of aromatic nitrogens is 4. The predicted molar refractivity (Wildman–Crippen MR) is 77.9 cm³/mol. The van der Waals surface area contributed by atoms with E-state index in [1.807, 2.05) is 17.8 Å². The summed E-state index contributed by atoms with van der Waals surface area (Å²) in [6.45, 7) is 2.13. The normalized spacial score (nSPS) is 19.3. The van der Waals surface area contributed by atoms with Gasteiger partial charge >= 0.3 is 0 Å². The van der Waals surface area contributed by atoms with Crippen molar-refractivity contribution in [1.82, 2.24) is 20.2 Å². The number of thioether (sulfide) groups is 1. The molecule has 2 heterocycles. The molecule has 0 bridgehead atoms. The number of aryl methyl sites for hydroxylation is 1. The molecular formula is C13H17N5S. The summed E-state index contributed by atoms with van der Waals surface area (Å²) in [4.78, 5) is 0. The van der Waals surface area contributed by atoms with Gasteiger partial charge in [0.15, 0.2) is 0 Å². The minimum atomic E-state index is 0.571. The summed E-state index contributed by atoms with van der Waals surface area (Å²) in [6.07, 6.45) is 4.17. The van der Waals surface area contributed by atoms with Gasteiger partial charge in [-0.1, -0.05) is 6.07 Å². The van der Waals surface area contributed by atoms with Gasteiger partial charge in [-0.05, 0) is 53.6 Å². The summed E-state index contributed by atoms with van der Waals surface area (Å²) in [6, 6.07) is 6.83. The Bertz CT molecular complexity index is 534. The minimum Gasteiger partial charge on any atom is -0.381 e. The van der Waals surface area contributed by atoms with E-state index in [2.05, 4.69) is 39.9 Å². The monoisotopic (exact) mass is 275 g/mol. The van der Waals surface area contributed by atoms with E-state index >= 15 is 0 Å². The Kier molecular flexibility index (Phi) is 3.68. The predicted octanol–water partition coefficient (Wildman–Crippen LogP) is 2.28. The van der Waals surface area contributed by atoms with Crippen molar-refractivity contribution in [2.45, 2.75) is 25.8 Å². The molecule has 1 aliphatic heterocycles. The summed E-state index contributed by atoms with van der Waals surface area (Å²) < 4.78 is 1.68. The molecule has 2 aromatic rings. The third kappa shape index (κ3) is 2.89. The maximum Gasteiger partial charge on any atom is 0.143 e. The molecule has 1 saturated heterocycles. The molecule has 1 fully saturated rings. The van der Waals surface area contributed by atoms with E-state index in [4.69, 9.17) is 0 Å². The molecule has 6 heteroatoms. The van der Waals surface area contributed by atoms with Gasteiger partial charge in [-0.25, -0.2) is 4.68 Å². The van der Waals surface area contributed by atoms with E-state index in [0.29, 0.717) is 6.04 Å². The van der Waals surface area contributed by atoms with Crippen molar-refractivity contribution in [3.05, 3.63) is 30.1 Å². The van der Waals surface area contributed by atoms with Gasteiger partial charge in [0.25, 0.3) is 0 Å². The first-order valence-corrected chi connectivity index (χ1v) is 7.67. The van der Waals surface area contributed by atoms with Gasteiger partial charge in [0.1, 0.15) is 6.33 Å². The molecule has 1 aliphatic rings. The summed E-state index contributed by atoms with van der Waals surface area (Å²) in [5.74, 6) is 2.48. The number of anilines is 1. The van der Waals surface area contributed by atoms with Gasteiger partial charge in [-0.2, -0.15) is 11.8 Å². The lowest BCUT2D eigenvalue weighted by atomic mass is 10.1. The highest BCUT2D eigenvalue weighted by atomic mass is 32.2. The van der Waals surface area contributed by atoms with Crippen LogP contribution in [0, 0.1) is 6.92 Å². The standard InChI is InChI=1S/C13H17N5S/c1-10-4-5-12(18-9-14-16-17-18)7-13(10)15-11-3-2-6-19-8-11/h4-5,7,9,11,15H,2-3,6,8H2,1H3. The fourth-order valence-electron chi connectivity index (χ4n) is 2.26.